The maximum atomic E-state index is 12.6. The van der Waals surface area contributed by atoms with E-state index in [9.17, 15) is 4.79 Å². The van der Waals surface area contributed by atoms with Gasteiger partial charge in [0.1, 0.15) is 5.69 Å². The van der Waals surface area contributed by atoms with E-state index in [2.05, 4.69) is 25.5 Å². The van der Waals surface area contributed by atoms with Crippen molar-refractivity contribution in [1.29, 1.82) is 0 Å². The summed E-state index contributed by atoms with van der Waals surface area (Å²) in [6.45, 7) is 0. The molecule has 5 rings (SSSR count). The Balaban J connectivity index is 1.39. The number of para-hydroxylation sites is 1. The Labute approximate surface area is 160 Å². The van der Waals surface area contributed by atoms with Crippen molar-refractivity contribution < 1.29 is 4.79 Å². The van der Waals surface area contributed by atoms with Gasteiger partial charge in [-0.15, -0.1) is 5.10 Å². The van der Waals surface area contributed by atoms with E-state index in [0.717, 1.165) is 21.7 Å². The lowest BCUT2D eigenvalue weighted by Gasteiger charge is -2.03. The maximum absolute atomic E-state index is 12.6. The highest BCUT2D eigenvalue weighted by Gasteiger charge is 2.12. The number of aromatic nitrogens is 4. The molecule has 6 nitrogen and oxygen atoms in total. The number of anilines is 1. The average molecular weight is 365 g/mol. The van der Waals surface area contributed by atoms with Crippen molar-refractivity contribution in [2.45, 2.75) is 0 Å². The fourth-order valence-electron chi connectivity index (χ4n) is 3.13. The summed E-state index contributed by atoms with van der Waals surface area (Å²) in [5, 5.41) is 12.8. The minimum atomic E-state index is -0.261. The second kappa shape index (κ2) is 6.59. The van der Waals surface area contributed by atoms with Gasteiger partial charge in [-0.25, -0.2) is 4.98 Å². The summed E-state index contributed by atoms with van der Waals surface area (Å²) in [6, 6.07) is 25.2. The molecule has 1 amide bonds. The Bertz CT molecular complexity index is 1320. The lowest BCUT2D eigenvalue weighted by molar-refractivity contribution is 0.102. The summed E-state index contributed by atoms with van der Waals surface area (Å²) in [7, 11) is 0. The smallest absolute Gasteiger partial charge is 0.258 e. The number of hydrogen-bond donors (Lipinski definition) is 2. The zero-order chi connectivity index (χ0) is 18.9. The summed E-state index contributed by atoms with van der Waals surface area (Å²) in [5.74, 6) is 0.449. The number of nitrogens with one attached hydrogen (secondary N) is 2. The van der Waals surface area contributed by atoms with Crippen LogP contribution in [0, 0.1) is 0 Å². The van der Waals surface area contributed by atoms with E-state index in [1.807, 2.05) is 72.8 Å². The molecule has 0 radical (unpaired) electrons. The van der Waals surface area contributed by atoms with E-state index in [4.69, 9.17) is 0 Å². The number of aromatic amines is 1. The minimum absolute atomic E-state index is 0.211. The summed E-state index contributed by atoms with van der Waals surface area (Å²) in [6.07, 6.45) is 0. The van der Waals surface area contributed by atoms with Crippen molar-refractivity contribution in [1.82, 2.24) is 20.2 Å². The Kier molecular flexibility index (Phi) is 3.80. The molecule has 0 bridgehead atoms. The molecule has 0 aliphatic carbocycles. The van der Waals surface area contributed by atoms with Crippen LogP contribution in [0.15, 0.2) is 78.9 Å². The number of fused-ring (bicyclic) bond motifs is 2. The zero-order valence-electron chi connectivity index (χ0n) is 14.8. The van der Waals surface area contributed by atoms with Crippen molar-refractivity contribution in [2.75, 3.05) is 5.32 Å². The van der Waals surface area contributed by atoms with E-state index < -0.39 is 0 Å². The standard InChI is InChI=1S/C22H15N5O/c28-21(17-10-9-14-5-1-2-7-16(14)13-17)25-22-24-20(26-27-22)19-12-11-15-6-3-4-8-18(15)23-19/h1-13H,(H2,24,25,26,27,28). The highest BCUT2D eigenvalue weighted by molar-refractivity contribution is 6.05. The van der Waals surface area contributed by atoms with Crippen LogP contribution in [0.3, 0.4) is 0 Å². The summed E-state index contributed by atoms with van der Waals surface area (Å²) in [4.78, 5) is 21.5. The van der Waals surface area contributed by atoms with Crippen molar-refractivity contribution in [3.63, 3.8) is 0 Å². The molecule has 2 N–H and O–H groups in total. The van der Waals surface area contributed by atoms with E-state index in [1.54, 1.807) is 6.07 Å². The summed E-state index contributed by atoms with van der Waals surface area (Å²) < 4.78 is 0. The predicted octanol–water partition coefficient (Wildman–Crippen LogP) is 4.43. The van der Waals surface area contributed by atoms with Crippen LogP contribution in [0.5, 0.6) is 0 Å². The Hall–Kier alpha value is -4.06. The molecule has 28 heavy (non-hydrogen) atoms. The van der Waals surface area contributed by atoms with Crippen molar-refractivity contribution in [2.24, 2.45) is 0 Å². The molecule has 3 aromatic carbocycles. The molecule has 6 heteroatoms. The van der Waals surface area contributed by atoms with Crippen LogP contribution < -0.4 is 5.32 Å². The van der Waals surface area contributed by atoms with Crippen LogP contribution in [0.4, 0.5) is 5.95 Å². The largest absolute Gasteiger partial charge is 0.289 e. The number of carbonyl (C=O) groups is 1. The third-order valence-corrected chi connectivity index (χ3v) is 4.56. The van der Waals surface area contributed by atoms with E-state index in [0.29, 0.717) is 17.1 Å². The van der Waals surface area contributed by atoms with E-state index in [1.165, 1.54) is 0 Å². The average Bonchev–Trinajstić information content (AvgIpc) is 3.21. The van der Waals surface area contributed by atoms with Crippen LogP contribution in [-0.2, 0) is 0 Å². The summed E-state index contributed by atoms with van der Waals surface area (Å²) in [5.41, 5.74) is 2.09. The maximum Gasteiger partial charge on any atom is 0.258 e. The second-order valence-corrected chi connectivity index (χ2v) is 6.41. The van der Waals surface area contributed by atoms with Crippen LogP contribution >= 0.6 is 0 Å². The first-order valence-corrected chi connectivity index (χ1v) is 8.85. The van der Waals surface area contributed by atoms with Crippen molar-refractivity contribution >= 4 is 33.5 Å². The first-order chi connectivity index (χ1) is 13.8. The normalized spacial score (nSPS) is 11.0. The quantitative estimate of drug-likeness (QED) is 0.495. The Morgan fingerprint density at radius 3 is 2.43 bits per heavy atom. The number of carbonyl (C=O) groups excluding carboxylic acids is 1. The molecule has 0 spiro atoms. The predicted molar refractivity (Wildman–Crippen MR) is 109 cm³/mol. The number of pyridine rings is 1. The molecule has 2 aromatic heterocycles. The molecule has 0 atom stereocenters. The first-order valence-electron chi connectivity index (χ1n) is 8.85. The molecule has 0 unspecified atom stereocenters. The number of hydrogen-bond acceptors (Lipinski definition) is 4. The zero-order valence-corrected chi connectivity index (χ0v) is 14.8. The number of amides is 1. The van der Waals surface area contributed by atoms with Gasteiger partial charge < -0.3 is 0 Å². The SMILES string of the molecule is O=C(Nc1n[nH]c(-c2ccc3ccccc3n2)n1)c1ccc2ccccc2c1. The Morgan fingerprint density at radius 2 is 1.54 bits per heavy atom. The molecule has 0 aliphatic heterocycles. The molecule has 0 saturated heterocycles. The molecule has 5 aromatic rings. The topological polar surface area (TPSA) is 83.6 Å². The third-order valence-electron chi connectivity index (χ3n) is 4.56. The third kappa shape index (κ3) is 2.97. The summed E-state index contributed by atoms with van der Waals surface area (Å²) >= 11 is 0. The van der Waals surface area contributed by atoms with Crippen molar-refractivity contribution in [3.8, 4) is 11.5 Å². The van der Waals surface area contributed by atoms with Gasteiger partial charge in [0, 0.05) is 10.9 Å². The molecular formula is C22H15N5O. The van der Waals surface area contributed by atoms with Gasteiger partial charge in [-0.3, -0.25) is 15.2 Å². The van der Waals surface area contributed by atoms with Gasteiger partial charge in [-0.05, 0) is 35.0 Å². The van der Waals surface area contributed by atoms with Crippen LogP contribution in [0.1, 0.15) is 10.4 Å². The van der Waals surface area contributed by atoms with Crippen LogP contribution in [0.2, 0.25) is 0 Å². The van der Waals surface area contributed by atoms with Crippen molar-refractivity contribution in [3.05, 3.63) is 84.4 Å². The van der Waals surface area contributed by atoms with Gasteiger partial charge in [0.25, 0.3) is 5.91 Å². The molecular weight excluding hydrogens is 350 g/mol. The van der Waals surface area contributed by atoms with Gasteiger partial charge >= 0.3 is 0 Å². The number of H-pyrrole nitrogens is 1. The highest BCUT2D eigenvalue weighted by Crippen LogP contribution is 2.20. The highest BCUT2D eigenvalue weighted by atomic mass is 16.1. The van der Waals surface area contributed by atoms with Crippen LogP contribution in [-0.4, -0.2) is 26.1 Å². The molecule has 134 valence electrons. The number of nitrogens with zero attached hydrogens (tertiary/aromatic N) is 3. The molecule has 0 saturated carbocycles. The molecule has 0 fully saturated rings. The van der Waals surface area contributed by atoms with Gasteiger partial charge in [-0.1, -0.05) is 54.6 Å². The van der Waals surface area contributed by atoms with E-state index >= 15 is 0 Å². The fourth-order valence-corrected chi connectivity index (χ4v) is 3.13. The fraction of sp³-hybridized carbons (Fsp3) is 0. The number of benzene rings is 3. The van der Waals surface area contributed by atoms with E-state index in [-0.39, 0.29) is 11.9 Å². The lowest BCUT2D eigenvalue weighted by Crippen LogP contribution is -2.12. The van der Waals surface area contributed by atoms with Gasteiger partial charge in [0.05, 0.1) is 5.52 Å². The van der Waals surface area contributed by atoms with Gasteiger partial charge in [0.15, 0.2) is 5.82 Å². The Morgan fingerprint density at radius 1 is 0.786 bits per heavy atom. The van der Waals surface area contributed by atoms with Gasteiger partial charge in [0.2, 0.25) is 5.95 Å². The second-order valence-electron chi connectivity index (χ2n) is 6.41. The lowest BCUT2D eigenvalue weighted by atomic mass is 10.1. The molecule has 2 heterocycles. The first kappa shape index (κ1) is 16.1. The van der Waals surface area contributed by atoms with Crippen LogP contribution in [0.25, 0.3) is 33.2 Å². The van der Waals surface area contributed by atoms with Gasteiger partial charge in [-0.2, -0.15) is 4.98 Å². The number of rotatable bonds is 3. The minimum Gasteiger partial charge on any atom is -0.289 e. The monoisotopic (exact) mass is 365 g/mol. The molecule has 0 aliphatic rings.